The molecule has 0 aliphatic heterocycles. The summed E-state index contributed by atoms with van der Waals surface area (Å²) >= 11 is 0. The average molecular weight is 284 g/mol. The third-order valence-electron chi connectivity index (χ3n) is 4.32. The van der Waals surface area contributed by atoms with Gasteiger partial charge in [0.2, 0.25) is 5.91 Å². The number of likely N-dealkylation sites (N-methyl/N-ethyl adjacent to an activating group) is 1. The fraction of sp³-hybridized carbons (Fsp3) is 0.867. The number of aliphatic hydroxyl groups is 1. The lowest BCUT2D eigenvalue weighted by molar-refractivity contribution is -0.139. The number of hydrogen-bond donors (Lipinski definition) is 2. The second-order valence-electron chi connectivity index (χ2n) is 5.79. The number of nitrogens with zero attached hydrogens (tertiary/aromatic N) is 1. The number of carbonyl (C=O) groups excluding carboxylic acids is 2. The number of amides is 2. The normalized spacial score (nSPS) is 19.2. The summed E-state index contributed by atoms with van der Waals surface area (Å²) in [4.78, 5) is 24.9. The average Bonchev–Trinajstić information content (AvgIpc) is 2.50. The summed E-state index contributed by atoms with van der Waals surface area (Å²) < 4.78 is 0. The molecule has 5 nitrogen and oxygen atoms in total. The zero-order valence-corrected chi connectivity index (χ0v) is 12.9. The van der Waals surface area contributed by atoms with Crippen molar-refractivity contribution in [1.29, 1.82) is 0 Å². The monoisotopic (exact) mass is 284 g/mol. The van der Waals surface area contributed by atoms with Crippen LogP contribution in [0, 0.1) is 5.92 Å². The van der Waals surface area contributed by atoms with Crippen LogP contribution in [-0.2, 0) is 9.59 Å². The van der Waals surface area contributed by atoms with E-state index in [1.807, 2.05) is 0 Å². The molecule has 5 heteroatoms. The minimum atomic E-state index is -1.17. The first kappa shape index (κ1) is 17.0. The summed E-state index contributed by atoms with van der Waals surface area (Å²) in [7, 11) is 1.62. The molecular formula is C15H28N2O3. The largest absolute Gasteiger partial charge is 0.381 e. The summed E-state index contributed by atoms with van der Waals surface area (Å²) in [6.07, 6.45) is 5.26. The van der Waals surface area contributed by atoms with Gasteiger partial charge in [-0.05, 0) is 25.7 Å². The van der Waals surface area contributed by atoms with Gasteiger partial charge in [-0.15, -0.1) is 0 Å². The van der Waals surface area contributed by atoms with E-state index in [0.717, 1.165) is 12.8 Å². The summed E-state index contributed by atoms with van der Waals surface area (Å²) in [6, 6.07) is -0.506. The fourth-order valence-corrected chi connectivity index (χ4v) is 2.65. The van der Waals surface area contributed by atoms with Crippen LogP contribution in [-0.4, -0.2) is 47.6 Å². The minimum Gasteiger partial charge on any atom is -0.381 e. The quantitative estimate of drug-likeness (QED) is 0.772. The Morgan fingerprint density at radius 3 is 2.45 bits per heavy atom. The van der Waals surface area contributed by atoms with Gasteiger partial charge >= 0.3 is 0 Å². The maximum atomic E-state index is 11.9. The Morgan fingerprint density at radius 2 is 1.90 bits per heavy atom. The Labute approximate surface area is 121 Å². The van der Waals surface area contributed by atoms with Crippen molar-refractivity contribution < 1.29 is 14.7 Å². The molecular weight excluding hydrogens is 256 g/mol. The molecule has 2 N–H and O–H groups in total. The van der Waals surface area contributed by atoms with Crippen LogP contribution in [0.25, 0.3) is 0 Å². The molecule has 0 aromatic carbocycles. The molecule has 0 radical (unpaired) electrons. The first-order chi connectivity index (χ1) is 9.47. The highest BCUT2D eigenvalue weighted by molar-refractivity contribution is 5.83. The van der Waals surface area contributed by atoms with Crippen molar-refractivity contribution >= 4 is 11.8 Å². The molecule has 0 aromatic heterocycles. The van der Waals surface area contributed by atoms with Crippen molar-refractivity contribution in [3.8, 4) is 0 Å². The highest BCUT2D eigenvalue weighted by atomic mass is 16.3. The first-order valence-corrected chi connectivity index (χ1v) is 7.68. The lowest BCUT2D eigenvalue weighted by Crippen LogP contribution is -2.50. The molecule has 1 rings (SSSR count). The molecule has 0 bridgehead atoms. The van der Waals surface area contributed by atoms with Crippen LogP contribution >= 0.6 is 0 Å². The molecule has 20 heavy (non-hydrogen) atoms. The predicted molar refractivity (Wildman–Crippen MR) is 78.1 cm³/mol. The maximum Gasteiger partial charge on any atom is 0.250 e. The van der Waals surface area contributed by atoms with Crippen molar-refractivity contribution in [2.45, 2.75) is 64.5 Å². The molecule has 0 aromatic rings. The number of hydrogen-bond acceptors (Lipinski definition) is 3. The molecule has 1 aliphatic rings. The number of rotatable bonds is 6. The van der Waals surface area contributed by atoms with E-state index in [9.17, 15) is 14.7 Å². The zero-order chi connectivity index (χ0) is 15.1. The van der Waals surface area contributed by atoms with E-state index in [4.69, 9.17) is 0 Å². The van der Waals surface area contributed by atoms with Gasteiger partial charge in [-0.25, -0.2) is 0 Å². The molecule has 2 amide bonds. The smallest absolute Gasteiger partial charge is 0.250 e. The van der Waals surface area contributed by atoms with Crippen molar-refractivity contribution in [2.75, 3.05) is 13.6 Å². The molecule has 1 aliphatic carbocycles. The van der Waals surface area contributed by atoms with E-state index in [-0.39, 0.29) is 11.8 Å². The van der Waals surface area contributed by atoms with Crippen molar-refractivity contribution in [3.05, 3.63) is 0 Å². The molecule has 0 heterocycles. The van der Waals surface area contributed by atoms with Crippen molar-refractivity contribution in [2.24, 2.45) is 5.92 Å². The Balaban J connectivity index is 2.39. The van der Waals surface area contributed by atoms with Gasteiger partial charge in [0.25, 0.3) is 5.91 Å². The van der Waals surface area contributed by atoms with Gasteiger partial charge < -0.3 is 15.3 Å². The van der Waals surface area contributed by atoms with Gasteiger partial charge in [0.05, 0.1) is 6.04 Å². The van der Waals surface area contributed by atoms with Crippen LogP contribution in [0.1, 0.15) is 52.4 Å². The predicted octanol–water partition coefficient (Wildman–Crippen LogP) is 1.30. The number of carbonyl (C=O) groups is 2. The van der Waals surface area contributed by atoms with Crippen LogP contribution in [0.15, 0.2) is 0 Å². The van der Waals surface area contributed by atoms with Crippen molar-refractivity contribution in [1.82, 2.24) is 10.2 Å². The Bertz CT molecular complexity index is 327. The van der Waals surface area contributed by atoms with Gasteiger partial charge in [0.1, 0.15) is 0 Å². The minimum absolute atomic E-state index is 0.0726. The second-order valence-corrected chi connectivity index (χ2v) is 5.79. The van der Waals surface area contributed by atoms with E-state index in [0.29, 0.717) is 18.9 Å². The van der Waals surface area contributed by atoms with E-state index >= 15 is 0 Å². The summed E-state index contributed by atoms with van der Waals surface area (Å²) in [6.45, 7) is 4.09. The SMILES string of the molecule is CCC(=O)N(C)C(C)C(O)C(=O)NCC1CCCCC1. The topological polar surface area (TPSA) is 69.6 Å². The van der Waals surface area contributed by atoms with Gasteiger partial charge in [-0.1, -0.05) is 26.2 Å². The lowest BCUT2D eigenvalue weighted by Gasteiger charge is -2.29. The van der Waals surface area contributed by atoms with Crippen LogP contribution in [0.5, 0.6) is 0 Å². The van der Waals surface area contributed by atoms with Crippen LogP contribution in [0.4, 0.5) is 0 Å². The zero-order valence-electron chi connectivity index (χ0n) is 12.9. The first-order valence-electron chi connectivity index (χ1n) is 7.68. The second kappa shape index (κ2) is 8.25. The van der Waals surface area contributed by atoms with Gasteiger partial charge in [-0.2, -0.15) is 0 Å². The fourth-order valence-electron chi connectivity index (χ4n) is 2.65. The Kier molecular flexibility index (Phi) is 6.99. The van der Waals surface area contributed by atoms with Gasteiger partial charge in [0.15, 0.2) is 6.10 Å². The van der Waals surface area contributed by atoms with E-state index in [2.05, 4.69) is 5.32 Å². The van der Waals surface area contributed by atoms with Gasteiger partial charge in [0, 0.05) is 20.0 Å². The van der Waals surface area contributed by atoms with Crippen molar-refractivity contribution in [3.63, 3.8) is 0 Å². The van der Waals surface area contributed by atoms with E-state index in [1.54, 1.807) is 20.9 Å². The van der Waals surface area contributed by atoms with Gasteiger partial charge in [-0.3, -0.25) is 9.59 Å². The Morgan fingerprint density at radius 1 is 1.30 bits per heavy atom. The highest BCUT2D eigenvalue weighted by Crippen LogP contribution is 2.22. The molecule has 1 fully saturated rings. The van der Waals surface area contributed by atoms with Crippen LogP contribution in [0.3, 0.4) is 0 Å². The third-order valence-corrected chi connectivity index (χ3v) is 4.32. The number of aliphatic hydroxyl groups excluding tert-OH is 1. The summed E-state index contributed by atoms with van der Waals surface area (Å²) in [5.74, 6) is 0.0840. The lowest BCUT2D eigenvalue weighted by atomic mass is 9.89. The molecule has 2 atom stereocenters. The molecule has 116 valence electrons. The highest BCUT2D eigenvalue weighted by Gasteiger charge is 2.28. The maximum absolute atomic E-state index is 11.9. The van der Waals surface area contributed by atoms with E-state index in [1.165, 1.54) is 24.2 Å². The molecule has 0 spiro atoms. The van der Waals surface area contributed by atoms with Crippen LogP contribution < -0.4 is 5.32 Å². The standard InChI is InChI=1S/C15H28N2O3/c1-4-13(18)17(3)11(2)14(19)15(20)16-10-12-8-6-5-7-9-12/h11-12,14,19H,4-10H2,1-3H3,(H,16,20). The van der Waals surface area contributed by atoms with Crippen LogP contribution in [0.2, 0.25) is 0 Å². The third kappa shape index (κ3) is 4.78. The summed E-state index contributed by atoms with van der Waals surface area (Å²) in [5, 5.41) is 12.8. The molecule has 1 saturated carbocycles. The number of nitrogens with one attached hydrogen (secondary N) is 1. The molecule has 2 unspecified atom stereocenters. The van der Waals surface area contributed by atoms with E-state index < -0.39 is 12.1 Å². The Hall–Kier alpha value is -1.10. The summed E-state index contributed by atoms with van der Waals surface area (Å²) in [5.41, 5.74) is 0. The molecule has 0 saturated heterocycles.